The highest BCUT2D eigenvalue weighted by Crippen LogP contribution is 2.39. The SMILES string of the molecule is CCC(C)[C@H](c1ccc2c(c1)Cc1ccccc1-2)N1CCNCC1. The van der Waals surface area contributed by atoms with Crippen LogP contribution in [0.15, 0.2) is 42.5 Å². The van der Waals surface area contributed by atoms with Crippen LogP contribution in [0.2, 0.25) is 0 Å². The predicted octanol–water partition coefficient (Wildman–Crippen LogP) is 4.25. The minimum Gasteiger partial charge on any atom is -0.314 e. The number of nitrogens with one attached hydrogen (secondary N) is 1. The van der Waals surface area contributed by atoms with Crippen molar-refractivity contribution in [3.8, 4) is 11.1 Å². The lowest BCUT2D eigenvalue weighted by molar-refractivity contribution is 0.128. The Labute approximate surface area is 145 Å². The van der Waals surface area contributed by atoms with Crippen molar-refractivity contribution >= 4 is 0 Å². The van der Waals surface area contributed by atoms with Crippen LogP contribution in [0.1, 0.15) is 43.0 Å². The molecule has 2 heteroatoms. The maximum Gasteiger partial charge on any atom is 0.0374 e. The van der Waals surface area contributed by atoms with Crippen LogP contribution in [-0.4, -0.2) is 31.1 Å². The molecule has 0 radical (unpaired) electrons. The molecule has 1 aliphatic heterocycles. The summed E-state index contributed by atoms with van der Waals surface area (Å²) in [4.78, 5) is 2.69. The molecule has 1 fully saturated rings. The zero-order valence-electron chi connectivity index (χ0n) is 14.9. The average molecular weight is 320 g/mol. The first-order valence-electron chi connectivity index (χ1n) is 9.43. The minimum absolute atomic E-state index is 0.547. The Morgan fingerprint density at radius 1 is 1.00 bits per heavy atom. The quantitative estimate of drug-likeness (QED) is 0.773. The van der Waals surface area contributed by atoms with Gasteiger partial charge in [-0.05, 0) is 40.2 Å². The number of benzene rings is 2. The molecule has 0 spiro atoms. The third-order valence-electron chi connectivity index (χ3n) is 5.89. The van der Waals surface area contributed by atoms with Crippen LogP contribution in [0.5, 0.6) is 0 Å². The highest BCUT2D eigenvalue weighted by molar-refractivity contribution is 5.77. The van der Waals surface area contributed by atoms with Crippen molar-refractivity contribution in [3.63, 3.8) is 0 Å². The molecule has 1 unspecified atom stereocenters. The molecule has 4 rings (SSSR count). The third-order valence-corrected chi connectivity index (χ3v) is 5.89. The van der Waals surface area contributed by atoms with E-state index in [9.17, 15) is 0 Å². The second-order valence-corrected chi connectivity index (χ2v) is 7.37. The molecule has 24 heavy (non-hydrogen) atoms. The molecular formula is C22H28N2. The molecule has 2 atom stereocenters. The van der Waals surface area contributed by atoms with Crippen molar-refractivity contribution in [3.05, 3.63) is 59.2 Å². The number of rotatable bonds is 4. The van der Waals surface area contributed by atoms with Crippen molar-refractivity contribution in [2.24, 2.45) is 5.92 Å². The summed E-state index contributed by atoms with van der Waals surface area (Å²) < 4.78 is 0. The largest absolute Gasteiger partial charge is 0.314 e. The van der Waals surface area contributed by atoms with Gasteiger partial charge in [-0.15, -0.1) is 0 Å². The van der Waals surface area contributed by atoms with Gasteiger partial charge in [0.25, 0.3) is 0 Å². The van der Waals surface area contributed by atoms with E-state index in [4.69, 9.17) is 0 Å². The highest BCUT2D eigenvalue weighted by atomic mass is 15.2. The lowest BCUT2D eigenvalue weighted by Crippen LogP contribution is -2.46. The lowest BCUT2D eigenvalue weighted by Gasteiger charge is -2.38. The molecular weight excluding hydrogens is 292 g/mol. The predicted molar refractivity (Wildman–Crippen MR) is 101 cm³/mol. The van der Waals surface area contributed by atoms with E-state index in [1.54, 1.807) is 0 Å². The lowest BCUT2D eigenvalue weighted by atomic mass is 9.88. The van der Waals surface area contributed by atoms with Crippen molar-refractivity contribution in [2.75, 3.05) is 26.2 Å². The summed E-state index contributed by atoms with van der Waals surface area (Å²) in [5.74, 6) is 0.685. The Bertz CT molecular complexity index is 716. The summed E-state index contributed by atoms with van der Waals surface area (Å²) in [6.07, 6.45) is 2.32. The van der Waals surface area contributed by atoms with Crippen molar-refractivity contribution in [1.29, 1.82) is 0 Å². The Balaban J connectivity index is 1.68. The number of piperazine rings is 1. The number of fused-ring (bicyclic) bond motifs is 3. The fraction of sp³-hybridized carbons (Fsp3) is 0.455. The topological polar surface area (TPSA) is 15.3 Å². The second-order valence-electron chi connectivity index (χ2n) is 7.37. The number of hydrogen-bond donors (Lipinski definition) is 1. The minimum atomic E-state index is 0.547. The van der Waals surface area contributed by atoms with Gasteiger partial charge >= 0.3 is 0 Å². The maximum absolute atomic E-state index is 3.49. The van der Waals surface area contributed by atoms with Gasteiger partial charge in [-0.25, -0.2) is 0 Å². The van der Waals surface area contributed by atoms with E-state index < -0.39 is 0 Å². The molecule has 2 aliphatic rings. The van der Waals surface area contributed by atoms with E-state index >= 15 is 0 Å². The Kier molecular flexibility index (Phi) is 4.43. The Morgan fingerprint density at radius 2 is 1.75 bits per heavy atom. The number of nitrogens with zero attached hydrogens (tertiary/aromatic N) is 1. The van der Waals surface area contributed by atoms with Crippen molar-refractivity contribution in [2.45, 2.75) is 32.7 Å². The van der Waals surface area contributed by atoms with Crippen LogP contribution in [0, 0.1) is 5.92 Å². The molecule has 0 aromatic heterocycles. The van der Waals surface area contributed by atoms with E-state index in [0.29, 0.717) is 12.0 Å². The molecule has 1 N–H and O–H groups in total. The molecule has 126 valence electrons. The summed E-state index contributed by atoms with van der Waals surface area (Å²) in [5, 5.41) is 3.49. The Hall–Kier alpha value is -1.64. The molecule has 0 amide bonds. The van der Waals surface area contributed by atoms with Gasteiger partial charge in [-0.3, -0.25) is 4.90 Å². The van der Waals surface area contributed by atoms with Crippen molar-refractivity contribution in [1.82, 2.24) is 10.2 Å². The summed E-state index contributed by atoms with van der Waals surface area (Å²) in [6.45, 7) is 9.28. The van der Waals surface area contributed by atoms with Crippen LogP contribution in [0.3, 0.4) is 0 Å². The van der Waals surface area contributed by atoms with Crippen molar-refractivity contribution < 1.29 is 0 Å². The fourth-order valence-electron chi connectivity index (χ4n) is 4.43. The van der Waals surface area contributed by atoms with Gasteiger partial charge in [-0.2, -0.15) is 0 Å². The monoisotopic (exact) mass is 320 g/mol. The first-order valence-corrected chi connectivity index (χ1v) is 9.43. The molecule has 1 saturated heterocycles. The standard InChI is InChI=1S/C22H28N2/c1-3-16(2)22(24-12-10-23-11-13-24)18-8-9-21-19(15-18)14-17-6-4-5-7-20(17)21/h4-9,15-16,22-23H,3,10-14H2,1-2H3/t16?,22-/m1/s1. The molecule has 1 aliphatic carbocycles. The van der Waals surface area contributed by atoms with Gasteiger partial charge in [0.1, 0.15) is 0 Å². The number of hydrogen-bond acceptors (Lipinski definition) is 2. The molecule has 2 aromatic carbocycles. The first kappa shape index (κ1) is 15.9. The first-order chi connectivity index (χ1) is 11.8. The van der Waals surface area contributed by atoms with E-state index in [1.165, 1.54) is 34.2 Å². The molecule has 2 nitrogen and oxygen atoms in total. The normalized spacial score (nSPS) is 19.6. The zero-order valence-corrected chi connectivity index (χ0v) is 14.9. The van der Waals surface area contributed by atoms with Gasteiger partial charge in [0.2, 0.25) is 0 Å². The summed E-state index contributed by atoms with van der Waals surface area (Å²) in [5.41, 5.74) is 7.38. The van der Waals surface area contributed by atoms with Crippen LogP contribution >= 0.6 is 0 Å². The van der Waals surface area contributed by atoms with Crippen LogP contribution in [0.4, 0.5) is 0 Å². The van der Waals surface area contributed by atoms with Gasteiger partial charge in [-0.1, -0.05) is 62.7 Å². The average Bonchev–Trinajstić information content (AvgIpc) is 3.00. The summed E-state index contributed by atoms with van der Waals surface area (Å²) in [6, 6.07) is 16.7. The summed E-state index contributed by atoms with van der Waals surface area (Å²) in [7, 11) is 0. The molecule has 0 bridgehead atoms. The van der Waals surface area contributed by atoms with Crippen LogP contribution in [-0.2, 0) is 6.42 Å². The smallest absolute Gasteiger partial charge is 0.0374 e. The summed E-state index contributed by atoms with van der Waals surface area (Å²) >= 11 is 0. The van der Waals surface area contributed by atoms with E-state index in [1.807, 2.05) is 0 Å². The fourth-order valence-corrected chi connectivity index (χ4v) is 4.43. The third kappa shape index (κ3) is 2.78. The maximum atomic E-state index is 3.49. The Morgan fingerprint density at radius 3 is 2.54 bits per heavy atom. The van der Waals surface area contributed by atoms with Gasteiger partial charge in [0.05, 0.1) is 0 Å². The second kappa shape index (κ2) is 6.70. The molecule has 2 aromatic rings. The van der Waals surface area contributed by atoms with Gasteiger partial charge in [0.15, 0.2) is 0 Å². The molecule has 0 saturated carbocycles. The highest BCUT2D eigenvalue weighted by Gasteiger charge is 2.28. The van der Waals surface area contributed by atoms with E-state index in [0.717, 1.165) is 32.6 Å². The van der Waals surface area contributed by atoms with Crippen LogP contribution in [0.25, 0.3) is 11.1 Å². The van der Waals surface area contributed by atoms with Gasteiger partial charge in [0, 0.05) is 32.2 Å². The van der Waals surface area contributed by atoms with E-state index in [-0.39, 0.29) is 0 Å². The van der Waals surface area contributed by atoms with Crippen LogP contribution < -0.4 is 5.32 Å². The van der Waals surface area contributed by atoms with E-state index in [2.05, 4.69) is 66.5 Å². The molecule has 1 heterocycles. The van der Waals surface area contributed by atoms with Gasteiger partial charge < -0.3 is 5.32 Å². The zero-order chi connectivity index (χ0) is 16.5.